The number of aromatic nitrogens is 3. The Labute approximate surface area is 138 Å². The van der Waals surface area contributed by atoms with Gasteiger partial charge in [0, 0.05) is 0 Å². The van der Waals surface area contributed by atoms with Gasteiger partial charge >= 0.3 is 6.09 Å². The Morgan fingerprint density at radius 2 is 2.12 bits per heavy atom. The number of nitrogens with zero attached hydrogens (tertiary/aromatic N) is 4. The molecule has 0 saturated heterocycles. The quantitative estimate of drug-likeness (QED) is 0.701. The molecule has 0 bridgehead atoms. The van der Waals surface area contributed by atoms with Crippen LogP contribution in [0.1, 0.15) is 5.56 Å². The van der Waals surface area contributed by atoms with E-state index < -0.39 is 18.0 Å². The van der Waals surface area contributed by atoms with Crippen LogP contribution in [-0.2, 0) is 22.7 Å². The normalized spacial score (nSPS) is 11.1. The van der Waals surface area contributed by atoms with Crippen molar-refractivity contribution in [1.82, 2.24) is 25.4 Å². The van der Waals surface area contributed by atoms with E-state index in [1.165, 1.54) is 17.3 Å². The molecule has 2 rings (SSSR count). The summed E-state index contributed by atoms with van der Waals surface area (Å²) >= 11 is 0. The van der Waals surface area contributed by atoms with Crippen molar-refractivity contribution >= 4 is 12.0 Å². The second-order valence-electron chi connectivity index (χ2n) is 4.75. The molecule has 9 nitrogen and oxygen atoms in total. The third-order valence-corrected chi connectivity index (χ3v) is 3.00. The van der Waals surface area contributed by atoms with E-state index in [4.69, 9.17) is 10.00 Å². The largest absolute Gasteiger partial charge is 0.445 e. The van der Waals surface area contributed by atoms with Gasteiger partial charge in [-0.05, 0) is 5.56 Å². The summed E-state index contributed by atoms with van der Waals surface area (Å²) in [5.41, 5.74) is 0.828. The van der Waals surface area contributed by atoms with E-state index in [2.05, 4.69) is 20.7 Å². The number of carbonyl (C=O) groups is 2. The minimum absolute atomic E-state index is 0.0672. The number of carbonyl (C=O) groups excluding carboxylic acids is 2. The summed E-state index contributed by atoms with van der Waals surface area (Å²) in [5, 5.41) is 17.3. The average molecular weight is 328 g/mol. The molecule has 2 aromatic rings. The highest BCUT2D eigenvalue weighted by Crippen LogP contribution is 2.01. The van der Waals surface area contributed by atoms with Gasteiger partial charge in [-0.15, -0.1) is 0 Å². The fraction of sp³-hybridized carbons (Fsp3) is 0.267. The van der Waals surface area contributed by atoms with Crippen LogP contribution in [0.2, 0.25) is 0 Å². The molecule has 0 spiro atoms. The zero-order valence-electron chi connectivity index (χ0n) is 12.8. The zero-order valence-corrected chi connectivity index (χ0v) is 12.8. The van der Waals surface area contributed by atoms with Crippen LogP contribution in [0.15, 0.2) is 43.0 Å². The predicted octanol–water partition coefficient (Wildman–Crippen LogP) is 0.213. The summed E-state index contributed by atoms with van der Waals surface area (Å²) < 4.78 is 6.49. The Hall–Kier alpha value is -3.41. The minimum Gasteiger partial charge on any atom is -0.445 e. The van der Waals surface area contributed by atoms with Crippen LogP contribution in [0.5, 0.6) is 0 Å². The minimum atomic E-state index is -0.941. The van der Waals surface area contributed by atoms with Crippen LogP contribution in [0.25, 0.3) is 0 Å². The number of amides is 2. The Bertz CT molecular complexity index is 696. The smallest absolute Gasteiger partial charge is 0.408 e. The molecule has 24 heavy (non-hydrogen) atoms. The van der Waals surface area contributed by atoms with Crippen molar-refractivity contribution in [3.63, 3.8) is 0 Å². The van der Waals surface area contributed by atoms with Crippen LogP contribution in [0, 0.1) is 11.3 Å². The van der Waals surface area contributed by atoms with Crippen molar-refractivity contribution in [2.45, 2.75) is 19.2 Å². The first-order chi connectivity index (χ1) is 11.7. The van der Waals surface area contributed by atoms with Gasteiger partial charge in [0.2, 0.25) is 5.91 Å². The highest BCUT2D eigenvalue weighted by Gasteiger charge is 2.22. The van der Waals surface area contributed by atoms with Crippen molar-refractivity contribution in [3.05, 3.63) is 48.5 Å². The molecule has 0 aliphatic carbocycles. The van der Waals surface area contributed by atoms with Crippen LogP contribution in [0.3, 0.4) is 0 Å². The van der Waals surface area contributed by atoms with Gasteiger partial charge in [-0.1, -0.05) is 30.3 Å². The van der Waals surface area contributed by atoms with Crippen molar-refractivity contribution in [1.29, 1.82) is 5.26 Å². The van der Waals surface area contributed by atoms with E-state index in [0.717, 1.165) is 5.56 Å². The maximum Gasteiger partial charge on any atom is 0.408 e. The lowest BCUT2D eigenvalue weighted by Gasteiger charge is -2.17. The highest BCUT2D eigenvalue weighted by atomic mass is 16.5. The van der Waals surface area contributed by atoms with Crippen LogP contribution in [0.4, 0.5) is 4.79 Å². The van der Waals surface area contributed by atoms with Crippen LogP contribution in [-0.4, -0.2) is 39.4 Å². The van der Waals surface area contributed by atoms with Gasteiger partial charge in [-0.25, -0.2) is 9.78 Å². The number of hydrogen-bond donors (Lipinski definition) is 2. The summed E-state index contributed by atoms with van der Waals surface area (Å²) in [7, 11) is 0. The van der Waals surface area contributed by atoms with E-state index >= 15 is 0 Å². The molecular weight excluding hydrogens is 312 g/mol. The number of alkyl carbamates (subject to hydrolysis) is 1. The van der Waals surface area contributed by atoms with Gasteiger partial charge < -0.3 is 15.4 Å². The number of ether oxygens (including phenoxy) is 1. The van der Waals surface area contributed by atoms with Gasteiger partial charge in [0.15, 0.2) is 0 Å². The molecule has 0 saturated carbocycles. The molecule has 1 heterocycles. The molecule has 2 amide bonds. The summed E-state index contributed by atoms with van der Waals surface area (Å²) in [5.74, 6) is -0.510. The molecule has 0 aliphatic heterocycles. The maximum atomic E-state index is 12.0. The van der Waals surface area contributed by atoms with E-state index in [1.807, 2.05) is 30.3 Å². The van der Waals surface area contributed by atoms with Gasteiger partial charge in [-0.2, -0.15) is 10.4 Å². The van der Waals surface area contributed by atoms with Gasteiger partial charge in [0.1, 0.15) is 31.8 Å². The highest BCUT2D eigenvalue weighted by molar-refractivity contribution is 5.85. The first-order valence-corrected chi connectivity index (χ1v) is 7.13. The van der Waals surface area contributed by atoms with E-state index in [9.17, 15) is 9.59 Å². The Kier molecular flexibility index (Phi) is 6.28. The topological polar surface area (TPSA) is 122 Å². The molecule has 2 N–H and O–H groups in total. The van der Waals surface area contributed by atoms with E-state index in [0.29, 0.717) is 0 Å². The summed E-state index contributed by atoms with van der Waals surface area (Å²) in [6, 6.07) is 10.0. The average Bonchev–Trinajstić information content (AvgIpc) is 3.11. The lowest BCUT2D eigenvalue weighted by molar-refractivity contribution is -0.123. The van der Waals surface area contributed by atoms with Crippen molar-refractivity contribution in [3.8, 4) is 6.07 Å². The number of rotatable bonds is 7. The number of nitriles is 1. The van der Waals surface area contributed by atoms with Crippen LogP contribution >= 0.6 is 0 Å². The fourth-order valence-corrected chi connectivity index (χ4v) is 1.87. The molecule has 0 unspecified atom stereocenters. The van der Waals surface area contributed by atoms with Gasteiger partial charge in [0.05, 0.1) is 12.6 Å². The van der Waals surface area contributed by atoms with Gasteiger partial charge in [-0.3, -0.25) is 9.48 Å². The number of benzene rings is 1. The van der Waals surface area contributed by atoms with Crippen molar-refractivity contribution < 1.29 is 14.3 Å². The van der Waals surface area contributed by atoms with Gasteiger partial charge in [0.25, 0.3) is 0 Å². The molecule has 124 valence electrons. The summed E-state index contributed by atoms with van der Waals surface area (Å²) in [4.78, 5) is 27.7. The third-order valence-electron chi connectivity index (χ3n) is 3.00. The second kappa shape index (κ2) is 8.89. The van der Waals surface area contributed by atoms with E-state index in [1.54, 1.807) is 6.07 Å². The molecule has 0 aliphatic rings. The van der Waals surface area contributed by atoms with E-state index in [-0.39, 0.29) is 19.7 Å². The fourth-order valence-electron chi connectivity index (χ4n) is 1.87. The molecule has 0 radical (unpaired) electrons. The molecule has 0 fully saturated rings. The first kappa shape index (κ1) is 17.0. The Balaban J connectivity index is 1.92. The molecule has 1 aromatic heterocycles. The SMILES string of the molecule is N#CCNC(=O)[C@H](Cn1cncn1)NC(=O)OCc1ccccc1. The van der Waals surface area contributed by atoms with Crippen LogP contribution < -0.4 is 10.6 Å². The van der Waals surface area contributed by atoms with Crippen molar-refractivity contribution in [2.75, 3.05) is 6.54 Å². The summed E-state index contributed by atoms with van der Waals surface area (Å²) in [6.07, 6.45) is 2.00. The Morgan fingerprint density at radius 1 is 1.33 bits per heavy atom. The standard InChI is InChI=1S/C15H16N6O3/c16-6-7-18-14(22)13(8-21-11-17-10-19-21)20-15(23)24-9-12-4-2-1-3-5-12/h1-5,10-11,13H,7-9H2,(H,18,22)(H,20,23)/t13-/m0/s1. The summed E-state index contributed by atoms with van der Waals surface area (Å²) in [6.45, 7) is -0.00628. The lowest BCUT2D eigenvalue weighted by atomic mass is 10.2. The maximum absolute atomic E-state index is 12.0. The second-order valence-corrected chi connectivity index (χ2v) is 4.75. The third kappa shape index (κ3) is 5.42. The molecule has 1 aromatic carbocycles. The molecular formula is C15H16N6O3. The monoisotopic (exact) mass is 328 g/mol. The molecule has 1 atom stereocenters. The first-order valence-electron chi connectivity index (χ1n) is 7.13. The number of hydrogen-bond acceptors (Lipinski definition) is 6. The number of nitrogens with one attached hydrogen (secondary N) is 2. The zero-order chi connectivity index (χ0) is 17.2. The Morgan fingerprint density at radius 3 is 2.79 bits per heavy atom. The predicted molar refractivity (Wildman–Crippen MR) is 82.2 cm³/mol. The molecule has 9 heteroatoms. The lowest BCUT2D eigenvalue weighted by Crippen LogP contribution is -2.49. The van der Waals surface area contributed by atoms with Crippen molar-refractivity contribution in [2.24, 2.45) is 0 Å².